The van der Waals surface area contributed by atoms with Gasteiger partial charge in [-0.3, -0.25) is 10.1 Å². The minimum absolute atomic E-state index is 0.0499. The molecule has 0 amide bonds. The highest BCUT2D eigenvalue weighted by Gasteiger charge is 2.18. The normalized spacial score (nSPS) is 12.2. The summed E-state index contributed by atoms with van der Waals surface area (Å²) >= 11 is 4.13. The van der Waals surface area contributed by atoms with E-state index >= 15 is 0 Å². The summed E-state index contributed by atoms with van der Waals surface area (Å²) in [4.78, 5) is 10.5. The summed E-state index contributed by atoms with van der Waals surface area (Å²) in [5, 5.41) is 10.9. The Bertz CT molecular complexity index is 381. The second-order valence-corrected chi connectivity index (χ2v) is 4.14. The van der Waals surface area contributed by atoms with Crippen LogP contribution >= 0.6 is 12.6 Å². The third-order valence-corrected chi connectivity index (χ3v) is 2.84. The molecule has 88 valence electrons. The van der Waals surface area contributed by atoms with Gasteiger partial charge in [-0.15, -0.1) is 0 Å². The molecule has 1 unspecified atom stereocenters. The van der Waals surface area contributed by atoms with E-state index in [0.29, 0.717) is 23.7 Å². The highest BCUT2D eigenvalue weighted by atomic mass is 32.1. The first-order valence-electron chi connectivity index (χ1n) is 5.04. The number of thiol groups is 1. The Morgan fingerprint density at radius 1 is 1.56 bits per heavy atom. The fraction of sp³-hybridized carbons (Fsp3) is 0.455. The molecule has 0 heterocycles. The molecule has 1 aromatic rings. The molecule has 0 bridgehead atoms. The molecule has 0 aliphatic heterocycles. The van der Waals surface area contributed by atoms with Gasteiger partial charge in [0.1, 0.15) is 0 Å². The van der Waals surface area contributed by atoms with Gasteiger partial charge in [0.2, 0.25) is 0 Å². The molecule has 0 N–H and O–H groups in total. The van der Waals surface area contributed by atoms with Crippen molar-refractivity contribution in [3.8, 4) is 5.75 Å². The SMILES string of the molecule is Cc1cccc(OCC(C)CS)c1[N+](=O)[O-]. The average molecular weight is 241 g/mol. The zero-order valence-corrected chi connectivity index (χ0v) is 10.2. The highest BCUT2D eigenvalue weighted by Crippen LogP contribution is 2.30. The van der Waals surface area contributed by atoms with Crippen LogP contribution in [-0.2, 0) is 0 Å². The van der Waals surface area contributed by atoms with E-state index in [9.17, 15) is 10.1 Å². The van der Waals surface area contributed by atoms with Crippen molar-refractivity contribution in [2.45, 2.75) is 13.8 Å². The van der Waals surface area contributed by atoms with Crippen molar-refractivity contribution in [2.75, 3.05) is 12.4 Å². The van der Waals surface area contributed by atoms with Gasteiger partial charge in [-0.2, -0.15) is 12.6 Å². The summed E-state index contributed by atoms with van der Waals surface area (Å²) in [7, 11) is 0. The van der Waals surface area contributed by atoms with Crippen molar-refractivity contribution in [1.29, 1.82) is 0 Å². The Hall–Kier alpha value is -1.23. The van der Waals surface area contributed by atoms with Gasteiger partial charge < -0.3 is 4.74 Å². The standard InChI is InChI=1S/C11H15NO3S/c1-8(7-16)6-15-10-5-3-4-9(2)11(10)12(13)14/h3-5,8,16H,6-7H2,1-2H3. The largest absolute Gasteiger partial charge is 0.486 e. The lowest BCUT2D eigenvalue weighted by Gasteiger charge is -2.11. The molecular formula is C11H15NO3S. The number of nitro groups is 1. The molecule has 0 radical (unpaired) electrons. The molecule has 0 spiro atoms. The Labute approximate surface area is 100 Å². The van der Waals surface area contributed by atoms with Crippen LogP contribution < -0.4 is 4.74 Å². The van der Waals surface area contributed by atoms with E-state index in [1.54, 1.807) is 25.1 Å². The van der Waals surface area contributed by atoms with Crippen LogP contribution in [0.1, 0.15) is 12.5 Å². The van der Waals surface area contributed by atoms with Crippen molar-refractivity contribution in [1.82, 2.24) is 0 Å². The van der Waals surface area contributed by atoms with Gasteiger partial charge in [0.25, 0.3) is 0 Å². The topological polar surface area (TPSA) is 52.4 Å². The van der Waals surface area contributed by atoms with Crippen molar-refractivity contribution < 1.29 is 9.66 Å². The first-order chi connectivity index (χ1) is 7.56. The molecule has 0 saturated heterocycles. The van der Waals surface area contributed by atoms with Crippen LogP contribution in [0.4, 0.5) is 5.69 Å². The average Bonchev–Trinajstić information content (AvgIpc) is 2.25. The smallest absolute Gasteiger partial charge is 0.313 e. The maximum Gasteiger partial charge on any atom is 0.313 e. The molecule has 0 fully saturated rings. The van der Waals surface area contributed by atoms with E-state index in [1.807, 2.05) is 6.92 Å². The van der Waals surface area contributed by atoms with E-state index in [1.165, 1.54) is 0 Å². The summed E-state index contributed by atoms with van der Waals surface area (Å²) in [6, 6.07) is 5.08. The zero-order chi connectivity index (χ0) is 12.1. The molecular weight excluding hydrogens is 226 g/mol. The molecule has 5 heteroatoms. The Morgan fingerprint density at radius 2 is 2.25 bits per heavy atom. The molecule has 0 saturated carbocycles. The van der Waals surface area contributed by atoms with Crippen LogP contribution in [0.15, 0.2) is 18.2 Å². The van der Waals surface area contributed by atoms with Crippen LogP contribution in [0.3, 0.4) is 0 Å². The van der Waals surface area contributed by atoms with E-state index in [4.69, 9.17) is 4.74 Å². The number of hydrogen-bond acceptors (Lipinski definition) is 4. The zero-order valence-electron chi connectivity index (χ0n) is 9.34. The van der Waals surface area contributed by atoms with Gasteiger partial charge in [0, 0.05) is 5.56 Å². The maximum atomic E-state index is 10.9. The monoisotopic (exact) mass is 241 g/mol. The number of hydrogen-bond donors (Lipinski definition) is 1. The molecule has 1 rings (SSSR count). The maximum absolute atomic E-state index is 10.9. The molecule has 0 aliphatic rings. The van der Waals surface area contributed by atoms with Crippen LogP contribution in [0.5, 0.6) is 5.75 Å². The number of nitrogens with zero attached hydrogens (tertiary/aromatic N) is 1. The molecule has 0 aliphatic carbocycles. The first kappa shape index (κ1) is 12.8. The summed E-state index contributed by atoms with van der Waals surface area (Å²) in [5.74, 6) is 1.29. The Balaban J connectivity index is 2.87. The summed E-state index contributed by atoms with van der Waals surface area (Å²) in [5.41, 5.74) is 0.662. The summed E-state index contributed by atoms with van der Waals surface area (Å²) in [6.45, 7) is 4.12. The van der Waals surface area contributed by atoms with E-state index < -0.39 is 4.92 Å². The lowest BCUT2D eigenvalue weighted by Crippen LogP contribution is -2.10. The lowest BCUT2D eigenvalue weighted by molar-refractivity contribution is -0.386. The van der Waals surface area contributed by atoms with Crippen LogP contribution in [-0.4, -0.2) is 17.3 Å². The van der Waals surface area contributed by atoms with E-state index in [2.05, 4.69) is 12.6 Å². The van der Waals surface area contributed by atoms with Gasteiger partial charge in [0.05, 0.1) is 11.5 Å². The molecule has 1 aromatic carbocycles. The number of nitro benzene ring substituents is 1. The fourth-order valence-corrected chi connectivity index (χ4v) is 1.37. The number of aryl methyl sites for hydroxylation is 1. The van der Waals surface area contributed by atoms with Crippen molar-refractivity contribution in [3.63, 3.8) is 0 Å². The number of benzene rings is 1. The third-order valence-electron chi connectivity index (χ3n) is 2.22. The lowest BCUT2D eigenvalue weighted by atomic mass is 10.2. The van der Waals surface area contributed by atoms with Crippen molar-refractivity contribution in [2.24, 2.45) is 5.92 Å². The third kappa shape index (κ3) is 3.13. The van der Waals surface area contributed by atoms with Crippen LogP contribution in [0.25, 0.3) is 0 Å². The molecule has 0 aromatic heterocycles. The van der Waals surface area contributed by atoms with Gasteiger partial charge in [0.15, 0.2) is 5.75 Å². The Kier molecular flexibility index (Phi) is 4.61. The second kappa shape index (κ2) is 5.75. The van der Waals surface area contributed by atoms with Crippen molar-refractivity contribution in [3.05, 3.63) is 33.9 Å². The molecule has 4 nitrogen and oxygen atoms in total. The predicted molar refractivity (Wildman–Crippen MR) is 66.3 cm³/mol. The summed E-state index contributed by atoms with van der Waals surface area (Å²) in [6.07, 6.45) is 0. The second-order valence-electron chi connectivity index (χ2n) is 3.78. The quantitative estimate of drug-likeness (QED) is 0.490. The predicted octanol–water partition coefficient (Wildman–Crippen LogP) is 2.85. The molecule has 16 heavy (non-hydrogen) atoms. The minimum Gasteiger partial charge on any atom is -0.486 e. The minimum atomic E-state index is -0.407. The van der Waals surface area contributed by atoms with E-state index in [0.717, 1.165) is 0 Å². The molecule has 1 atom stereocenters. The van der Waals surface area contributed by atoms with E-state index in [-0.39, 0.29) is 11.6 Å². The van der Waals surface area contributed by atoms with Gasteiger partial charge >= 0.3 is 5.69 Å². The van der Waals surface area contributed by atoms with Gasteiger partial charge in [-0.25, -0.2) is 0 Å². The van der Waals surface area contributed by atoms with Gasteiger partial charge in [-0.05, 0) is 24.7 Å². The number of ether oxygens (including phenoxy) is 1. The van der Waals surface area contributed by atoms with Crippen molar-refractivity contribution >= 4 is 18.3 Å². The fourth-order valence-electron chi connectivity index (χ4n) is 1.27. The number of rotatable bonds is 5. The van der Waals surface area contributed by atoms with Crippen LogP contribution in [0, 0.1) is 23.0 Å². The summed E-state index contributed by atoms with van der Waals surface area (Å²) < 4.78 is 5.44. The van der Waals surface area contributed by atoms with Gasteiger partial charge in [-0.1, -0.05) is 19.1 Å². The highest BCUT2D eigenvalue weighted by molar-refractivity contribution is 7.80. The van der Waals surface area contributed by atoms with Crippen LogP contribution in [0.2, 0.25) is 0 Å². The Morgan fingerprint density at radius 3 is 2.81 bits per heavy atom. The number of para-hydroxylation sites is 1. The first-order valence-corrected chi connectivity index (χ1v) is 5.67.